The Morgan fingerprint density at radius 1 is 1.07 bits per heavy atom. The number of amides is 3. The van der Waals surface area contributed by atoms with Gasteiger partial charge in [0, 0.05) is 18.0 Å². The van der Waals surface area contributed by atoms with E-state index in [2.05, 4.69) is 15.6 Å². The van der Waals surface area contributed by atoms with Gasteiger partial charge < -0.3 is 10.6 Å². The number of carbonyl (C=O) groups is 3. The fraction of sp³-hybridized carbons (Fsp3) is 0.600. The summed E-state index contributed by atoms with van der Waals surface area (Å²) in [5, 5.41) is 14.4. The minimum absolute atomic E-state index is 0.153. The van der Waals surface area contributed by atoms with Gasteiger partial charge in [0.2, 0.25) is 17.7 Å². The molecule has 0 spiro atoms. The molecule has 0 aromatic carbocycles. The first-order valence-corrected chi connectivity index (χ1v) is 9.43. The second kappa shape index (κ2) is 10.2. The molecule has 0 aliphatic rings. The van der Waals surface area contributed by atoms with Crippen LogP contribution in [-0.4, -0.2) is 34.0 Å². The lowest BCUT2D eigenvalue weighted by Gasteiger charge is -2.32. The first-order chi connectivity index (χ1) is 13.0. The number of anilines is 1. The minimum atomic E-state index is -0.832. The molecule has 1 aromatic rings. The third kappa shape index (κ3) is 6.92. The van der Waals surface area contributed by atoms with Gasteiger partial charge >= 0.3 is 0 Å². The quantitative estimate of drug-likeness (QED) is 0.400. The summed E-state index contributed by atoms with van der Waals surface area (Å²) in [5.41, 5.74) is 1.04. The number of hydrogen-bond donors (Lipinski definition) is 4. The second-order valence-electron chi connectivity index (χ2n) is 8.51. The summed E-state index contributed by atoms with van der Waals surface area (Å²) in [6.45, 7) is 11.0. The predicted octanol–water partition coefficient (Wildman–Crippen LogP) is 2.35. The van der Waals surface area contributed by atoms with Gasteiger partial charge in [-0.25, -0.2) is 10.5 Å². The summed E-state index contributed by atoms with van der Waals surface area (Å²) in [5.74, 6) is -2.30. The molecule has 0 aliphatic carbocycles. The zero-order chi connectivity index (χ0) is 21.5. The fourth-order valence-corrected chi connectivity index (χ4v) is 2.89. The monoisotopic (exact) mass is 392 g/mol. The van der Waals surface area contributed by atoms with E-state index in [1.165, 1.54) is 0 Å². The molecule has 3 amide bonds. The van der Waals surface area contributed by atoms with Crippen molar-refractivity contribution in [3.8, 4) is 0 Å². The summed E-state index contributed by atoms with van der Waals surface area (Å²) in [7, 11) is 0. The molecular formula is C20H32N4O4. The summed E-state index contributed by atoms with van der Waals surface area (Å²) in [6, 6.07) is 4.32. The van der Waals surface area contributed by atoms with E-state index in [9.17, 15) is 14.4 Å². The lowest BCUT2D eigenvalue weighted by Crippen LogP contribution is -2.54. The molecular weight excluding hydrogens is 360 g/mol. The molecule has 8 nitrogen and oxygen atoms in total. The first kappa shape index (κ1) is 23.6. The third-order valence-corrected chi connectivity index (χ3v) is 4.52. The summed E-state index contributed by atoms with van der Waals surface area (Å²) >= 11 is 0. The Kier molecular flexibility index (Phi) is 8.56. The van der Waals surface area contributed by atoms with Gasteiger partial charge in [0.15, 0.2) is 0 Å². The highest BCUT2D eigenvalue weighted by Gasteiger charge is 2.37. The van der Waals surface area contributed by atoms with Crippen molar-refractivity contribution in [2.24, 2.45) is 23.2 Å². The second-order valence-corrected chi connectivity index (χ2v) is 8.51. The summed E-state index contributed by atoms with van der Waals surface area (Å²) in [6.07, 6.45) is 2.01. The van der Waals surface area contributed by atoms with Crippen LogP contribution in [0.5, 0.6) is 0 Å². The van der Waals surface area contributed by atoms with Crippen LogP contribution in [-0.2, 0) is 14.4 Å². The topological polar surface area (TPSA) is 120 Å². The van der Waals surface area contributed by atoms with Crippen LogP contribution in [0, 0.1) is 23.2 Å². The maximum Gasteiger partial charge on any atom is 0.248 e. The highest BCUT2D eigenvalue weighted by Crippen LogP contribution is 2.25. The van der Waals surface area contributed by atoms with Crippen LogP contribution in [0.3, 0.4) is 0 Å². The molecule has 1 rings (SSSR count). The molecule has 0 radical (unpaired) electrons. The van der Waals surface area contributed by atoms with Gasteiger partial charge in [-0.15, -0.1) is 0 Å². The number of rotatable bonds is 8. The highest BCUT2D eigenvalue weighted by atomic mass is 16.5. The molecule has 8 heteroatoms. The molecule has 0 saturated heterocycles. The number of hydroxylamine groups is 1. The molecule has 0 unspecified atom stereocenters. The molecule has 0 bridgehead atoms. The third-order valence-electron chi connectivity index (χ3n) is 4.52. The van der Waals surface area contributed by atoms with Crippen LogP contribution < -0.4 is 16.1 Å². The van der Waals surface area contributed by atoms with Crippen molar-refractivity contribution >= 4 is 23.5 Å². The number of nitrogens with one attached hydrogen (secondary N) is 3. The maximum atomic E-state index is 13.0. The van der Waals surface area contributed by atoms with Gasteiger partial charge in [0.25, 0.3) is 0 Å². The minimum Gasteiger partial charge on any atom is -0.344 e. The molecule has 0 fully saturated rings. The van der Waals surface area contributed by atoms with E-state index in [0.29, 0.717) is 12.2 Å². The maximum absolute atomic E-state index is 13.0. The molecule has 1 heterocycles. The summed E-state index contributed by atoms with van der Waals surface area (Å²) < 4.78 is 0. The van der Waals surface area contributed by atoms with Crippen molar-refractivity contribution in [1.29, 1.82) is 0 Å². The molecule has 3 atom stereocenters. The average molecular weight is 393 g/mol. The van der Waals surface area contributed by atoms with E-state index in [4.69, 9.17) is 5.21 Å². The van der Waals surface area contributed by atoms with Crippen molar-refractivity contribution < 1.29 is 19.6 Å². The van der Waals surface area contributed by atoms with Crippen LogP contribution in [0.2, 0.25) is 0 Å². The normalized spacial score (nSPS) is 14.7. The van der Waals surface area contributed by atoms with E-state index in [-0.39, 0.29) is 11.8 Å². The number of aromatic nitrogens is 1. The Morgan fingerprint density at radius 2 is 1.71 bits per heavy atom. The van der Waals surface area contributed by atoms with Crippen LogP contribution in [0.25, 0.3) is 0 Å². The Labute approximate surface area is 166 Å². The lowest BCUT2D eigenvalue weighted by molar-refractivity contribution is -0.141. The van der Waals surface area contributed by atoms with Gasteiger partial charge in [-0.3, -0.25) is 19.6 Å². The molecule has 0 aliphatic heterocycles. The van der Waals surface area contributed by atoms with E-state index < -0.39 is 35.1 Å². The molecule has 4 N–H and O–H groups in total. The van der Waals surface area contributed by atoms with Gasteiger partial charge in [-0.2, -0.15) is 0 Å². The number of pyridine rings is 1. The van der Waals surface area contributed by atoms with Crippen LogP contribution in [0.15, 0.2) is 24.4 Å². The molecule has 156 valence electrons. The van der Waals surface area contributed by atoms with Gasteiger partial charge in [0.1, 0.15) is 11.9 Å². The SMILES string of the molecule is CC(C)C[C@@H](C(=O)N[C@H](C(=O)Nc1ccccn1)C(C)(C)C)[C@H](C)C(=O)NO. The van der Waals surface area contributed by atoms with Crippen LogP contribution in [0.1, 0.15) is 48.0 Å². The Morgan fingerprint density at radius 3 is 2.18 bits per heavy atom. The van der Waals surface area contributed by atoms with Crippen molar-refractivity contribution in [3.63, 3.8) is 0 Å². The largest absolute Gasteiger partial charge is 0.344 e. The van der Waals surface area contributed by atoms with E-state index in [0.717, 1.165) is 0 Å². The Bertz CT molecular complexity index is 671. The predicted molar refractivity (Wildman–Crippen MR) is 106 cm³/mol. The highest BCUT2D eigenvalue weighted by molar-refractivity contribution is 5.98. The molecule has 1 aromatic heterocycles. The Hall–Kier alpha value is -2.48. The number of carbonyl (C=O) groups excluding carboxylic acids is 3. The fourth-order valence-electron chi connectivity index (χ4n) is 2.89. The van der Waals surface area contributed by atoms with Crippen molar-refractivity contribution in [2.75, 3.05) is 5.32 Å². The number of hydrogen-bond acceptors (Lipinski definition) is 5. The van der Waals surface area contributed by atoms with Gasteiger partial charge in [0.05, 0.1) is 0 Å². The van der Waals surface area contributed by atoms with Gasteiger partial charge in [-0.1, -0.05) is 47.6 Å². The van der Waals surface area contributed by atoms with E-state index >= 15 is 0 Å². The smallest absolute Gasteiger partial charge is 0.248 e. The molecule has 28 heavy (non-hydrogen) atoms. The van der Waals surface area contributed by atoms with Crippen LogP contribution in [0.4, 0.5) is 5.82 Å². The van der Waals surface area contributed by atoms with Crippen molar-refractivity contribution in [1.82, 2.24) is 15.8 Å². The Balaban J connectivity index is 3.03. The standard InChI is InChI=1S/C20H32N4O4/c1-12(2)11-14(13(3)17(25)24-28)18(26)23-16(20(4,5)6)19(27)22-15-9-7-8-10-21-15/h7-10,12-14,16,28H,11H2,1-6H3,(H,23,26)(H,24,25)(H,21,22,27)/t13-,14+,16+/m0/s1. The lowest BCUT2D eigenvalue weighted by atomic mass is 9.82. The van der Waals surface area contributed by atoms with E-state index in [1.807, 2.05) is 34.6 Å². The van der Waals surface area contributed by atoms with Crippen molar-refractivity contribution in [3.05, 3.63) is 24.4 Å². The number of nitrogens with zero attached hydrogens (tertiary/aromatic N) is 1. The zero-order valence-corrected chi connectivity index (χ0v) is 17.4. The molecule has 0 saturated carbocycles. The summed E-state index contributed by atoms with van der Waals surface area (Å²) in [4.78, 5) is 41.7. The van der Waals surface area contributed by atoms with E-state index in [1.54, 1.807) is 36.8 Å². The van der Waals surface area contributed by atoms with Gasteiger partial charge in [-0.05, 0) is 29.9 Å². The zero-order valence-electron chi connectivity index (χ0n) is 17.4. The first-order valence-electron chi connectivity index (χ1n) is 9.43. The van der Waals surface area contributed by atoms with Crippen LogP contribution >= 0.6 is 0 Å². The average Bonchev–Trinajstić information content (AvgIpc) is 2.62. The van der Waals surface area contributed by atoms with Crippen molar-refractivity contribution in [2.45, 2.75) is 54.0 Å².